The highest BCUT2D eigenvalue weighted by molar-refractivity contribution is 8.77. The number of unbranched alkanes of at least 4 members (excludes halogenated alkanes) is 8. The summed E-state index contributed by atoms with van der Waals surface area (Å²) in [7, 11) is 6.94. The average molecular weight is 605 g/mol. The van der Waals surface area contributed by atoms with E-state index >= 15 is 0 Å². The maximum absolute atomic E-state index is 4.27. The quantitative estimate of drug-likeness (QED) is 0.0755. The SMILES string of the molecule is CCCCCCCS.CCCCCCCSSc1ccccn1.[B].c1ccc(SSc2ccccn2)nc1. The number of aromatic nitrogens is 3. The normalized spacial score (nSPS) is 9.87. The third-order valence-corrected chi connectivity index (χ3v) is 9.71. The van der Waals surface area contributed by atoms with Gasteiger partial charge in [0.15, 0.2) is 0 Å². The van der Waals surface area contributed by atoms with Gasteiger partial charge in [-0.25, -0.2) is 15.0 Å². The highest BCUT2D eigenvalue weighted by Gasteiger charge is 1.97. The first-order chi connectivity index (χ1) is 18.3. The number of rotatable bonds is 16. The second-order valence-electron chi connectivity index (χ2n) is 8.13. The molecule has 0 aliphatic rings. The number of hydrogen-bond donors (Lipinski definition) is 1. The zero-order valence-electron chi connectivity index (χ0n) is 22.9. The van der Waals surface area contributed by atoms with E-state index in [1.54, 1.807) is 44.8 Å². The van der Waals surface area contributed by atoms with Crippen molar-refractivity contribution in [3.8, 4) is 0 Å². The molecule has 0 atom stereocenters. The molecule has 0 saturated heterocycles. The monoisotopic (exact) mass is 604 g/mol. The Balaban J connectivity index is 0.000000559. The molecule has 207 valence electrons. The predicted molar refractivity (Wildman–Crippen MR) is 180 cm³/mol. The topological polar surface area (TPSA) is 38.7 Å². The molecule has 0 aliphatic carbocycles. The minimum absolute atomic E-state index is 0. The molecule has 3 nitrogen and oxygen atoms in total. The minimum atomic E-state index is 0. The van der Waals surface area contributed by atoms with Crippen molar-refractivity contribution in [2.45, 2.75) is 93.1 Å². The van der Waals surface area contributed by atoms with Crippen molar-refractivity contribution in [1.82, 2.24) is 15.0 Å². The summed E-state index contributed by atoms with van der Waals surface area (Å²) in [5.74, 6) is 2.30. The Morgan fingerprint density at radius 3 is 1.37 bits per heavy atom. The molecule has 0 unspecified atom stereocenters. The van der Waals surface area contributed by atoms with Gasteiger partial charge in [0, 0.05) is 32.8 Å². The molecule has 0 N–H and O–H groups in total. The van der Waals surface area contributed by atoms with Gasteiger partial charge < -0.3 is 0 Å². The second kappa shape index (κ2) is 29.3. The molecule has 3 radical (unpaired) electrons. The van der Waals surface area contributed by atoms with Gasteiger partial charge in [0.05, 0.1) is 0 Å². The highest BCUT2D eigenvalue weighted by atomic mass is 33.1. The smallest absolute Gasteiger partial charge is 0.107 e. The molecule has 9 heteroatoms. The molecule has 0 fully saturated rings. The van der Waals surface area contributed by atoms with Crippen LogP contribution in [0.2, 0.25) is 0 Å². The van der Waals surface area contributed by atoms with Crippen LogP contribution in [0.25, 0.3) is 0 Å². The van der Waals surface area contributed by atoms with Gasteiger partial charge in [0.1, 0.15) is 15.1 Å². The van der Waals surface area contributed by atoms with Gasteiger partial charge in [-0.2, -0.15) is 12.6 Å². The van der Waals surface area contributed by atoms with E-state index in [1.807, 2.05) is 65.5 Å². The van der Waals surface area contributed by atoms with Crippen LogP contribution in [-0.2, 0) is 0 Å². The van der Waals surface area contributed by atoms with Crippen LogP contribution in [0.3, 0.4) is 0 Å². The van der Waals surface area contributed by atoms with E-state index in [0.717, 1.165) is 20.8 Å². The van der Waals surface area contributed by atoms with Gasteiger partial charge in [0.2, 0.25) is 0 Å². The Bertz CT molecular complexity index is 803. The van der Waals surface area contributed by atoms with E-state index < -0.39 is 0 Å². The van der Waals surface area contributed by atoms with Crippen molar-refractivity contribution < 1.29 is 0 Å². The lowest BCUT2D eigenvalue weighted by atomic mass is 10.2. The second-order valence-corrected chi connectivity index (χ2v) is 13.2. The summed E-state index contributed by atoms with van der Waals surface area (Å²) in [5.41, 5.74) is 0. The number of hydrogen-bond acceptors (Lipinski definition) is 8. The lowest BCUT2D eigenvalue weighted by Gasteiger charge is -2.00. The number of thiol groups is 1. The molecule has 0 saturated carbocycles. The third kappa shape index (κ3) is 23.2. The summed E-state index contributed by atoms with van der Waals surface area (Å²) in [6.45, 7) is 4.49. The maximum Gasteiger partial charge on any atom is 0.107 e. The molecular weight excluding hydrogens is 561 g/mol. The van der Waals surface area contributed by atoms with Crippen LogP contribution < -0.4 is 0 Å². The predicted octanol–water partition coefficient (Wildman–Crippen LogP) is 10.6. The molecule has 3 heterocycles. The van der Waals surface area contributed by atoms with Crippen LogP contribution in [0.5, 0.6) is 0 Å². The van der Waals surface area contributed by atoms with Crippen molar-refractivity contribution >= 4 is 64.2 Å². The molecule has 0 bridgehead atoms. The minimum Gasteiger partial charge on any atom is -0.249 e. The fourth-order valence-electron chi connectivity index (χ4n) is 2.86. The summed E-state index contributed by atoms with van der Waals surface area (Å²) in [6.07, 6.45) is 19.1. The Kier molecular flexibility index (Phi) is 28.7. The van der Waals surface area contributed by atoms with E-state index in [9.17, 15) is 0 Å². The van der Waals surface area contributed by atoms with E-state index in [0.29, 0.717) is 0 Å². The molecule has 0 aliphatic heterocycles. The van der Waals surface area contributed by atoms with E-state index in [1.165, 1.54) is 70.0 Å². The Labute approximate surface area is 255 Å². The van der Waals surface area contributed by atoms with Crippen LogP contribution in [0.1, 0.15) is 78.1 Å². The molecule has 0 spiro atoms. The van der Waals surface area contributed by atoms with Crippen LogP contribution in [-0.4, -0.2) is 34.9 Å². The van der Waals surface area contributed by atoms with E-state index in [4.69, 9.17) is 0 Å². The summed E-state index contributed by atoms with van der Waals surface area (Å²) < 4.78 is 0. The number of nitrogens with zero attached hydrogens (tertiary/aromatic N) is 3. The fourth-order valence-corrected chi connectivity index (χ4v) is 6.86. The van der Waals surface area contributed by atoms with Gasteiger partial charge in [-0.05, 0) is 87.4 Å². The van der Waals surface area contributed by atoms with Gasteiger partial charge in [-0.15, -0.1) is 0 Å². The molecule has 3 rings (SSSR count). The molecule has 38 heavy (non-hydrogen) atoms. The Hall–Kier alpha value is -0.735. The van der Waals surface area contributed by atoms with Crippen LogP contribution in [0, 0.1) is 0 Å². The van der Waals surface area contributed by atoms with Crippen molar-refractivity contribution in [3.05, 3.63) is 73.2 Å². The van der Waals surface area contributed by atoms with Crippen molar-refractivity contribution in [1.29, 1.82) is 0 Å². The number of pyridine rings is 3. The van der Waals surface area contributed by atoms with Crippen LogP contribution in [0.4, 0.5) is 0 Å². The van der Waals surface area contributed by atoms with Gasteiger partial charge >= 0.3 is 0 Å². The highest BCUT2D eigenvalue weighted by Crippen LogP contribution is 2.34. The first-order valence-corrected chi connectivity index (χ1v) is 18.4. The average Bonchev–Trinajstić information content (AvgIpc) is 2.96. The molecular formula is C29H43BN3S5. The maximum atomic E-state index is 4.27. The van der Waals surface area contributed by atoms with Crippen LogP contribution in [0.15, 0.2) is 88.3 Å². The van der Waals surface area contributed by atoms with Gasteiger partial charge in [-0.1, -0.05) is 94.2 Å². The molecule has 3 aromatic heterocycles. The van der Waals surface area contributed by atoms with E-state index in [2.05, 4.69) is 47.5 Å². The first-order valence-electron chi connectivity index (χ1n) is 13.3. The zero-order valence-corrected chi connectivity index (χ0v) is 27.1. The molecule has 0 amide bonds. The third-order valence-electron chi connectivity index (χ3n) is 4.86. The molecule has 3 aromatic rings. The molecule has 0 aromatic carbocycles. The van der Waals surface area contributed by atoms with Crippen molar-refractivity contribution in [3.63, 3.8) is 0 Å². The summed E-state index contributed by atoms with van der Waals surface area (Å²) in [6, 6.07) is 17.8. The van der Waals surface area contributed by atoms with E-state index in [-0.39, 0.29) is 8.41 Å². The Morgan fingerprint density at radius 2 is 0.974 bits per heavy atom. The standard InChI is InChI=1S/C12H19NS2.C10H8N2S2.C7H16S.B/c1-2-3-4-5-8-11-14-15-12-9-6-7-10-13-12;1-3-7-11-9(5-1)13-14-10-6-2-4-8-12-10;1-2-3-4-5-6-7-8;/h6-7,9-10H,2-5,8,11H2,1H3;1-8H;8H,2-7H2,1H3;. The van der Waals surface area contributed by atoms with Crippen molar-refractivity contribution in [2.24, 2.45) is 0 Å². The lowest BCUT2D eigenvalue weighted by molar-refractivity contribution is 0.660. The summed E-state index contributed by atoms with van der Waals surface area (Å²) >= 11 is 4.12. The van der Waals surface area contributed by atoms with Gasteiger partial charge in [-0.3, -0.25) is 0 Å². The van der Waals surface area contributed by atoms with Crippen molar-refractivity contribution in [2.75, 3.05) is 11.5 Å². The van der Waals surface area contributed by atoms with Crippen LogP contribution >= 0.6 is 55.8 Å². The summed E-state index contributed by atoms with van der Waals surface area (Å²) in [4.78, 5) is 12.7. The summed E-state index contributed by atoms with van der Waals surface area (Å²) in [5, 5.41) is 3.13. The largest absolute Gasteiger partial charge is 0.249 e. The fraction of sp³-hybridized carbons (Fsp3) is 0.483. The zero-order chi connectivity index (χ0) is 26.7. The van der Waals surface area contributed by atoms with Gasteiger partial charge in [0.25, 0.3) is 0 Å². The first kappa shape index (κ1) is 37.3. The lowest BCUT2D eigenvalue weighted by Crippen LogP contribution is -1.80. The Morgan fingerprint density at radius 1 is 0.553 bits per heavy atom.